The molecule has 9 atom stereocenters. The number of hydrogen-bond donors (Lipinski definition) is 8. The van der Waals surface area contributed by atoms with Crippen LogP contribution in [0, 0.1) is 0 Å². The summed E-state index contributed by atoms with van der Waals surface area (Å²) in [6.45, 7) is 3.46. The molecule has 1 aliphatic heterocycles. The molecular formula is C58H115NO10. The van der Waals surface area contributed by atoms with Gasteiger partial charge >= 0.3 is 0 Å². The van der Waals surface area contributed by atoms with Gasteiger partial charge in [-0.05, 0) is 12.8 Å². The summed E-state index contributed by atoms with van der Waals surface area (Å²) in [5.41, 5.74) is 0. The topological polar surface area (TPSA) is 189 Å². The summed E-state index contributed by atoms with van der Waals surface area (Å²) in [6.07, 6.45) is 43.4. The van der Waals surface area contributed by atoms with Crippen molar-refractivity contribution in [2.24, 2.45) is 0 Å². The molecule has 1 amide bonds. The van der Waals surface area contributed by atoms with Gasteiger partial charge in [0.25, 0.3) is 0 Å². The van der Waals surface area contributed by atoms with Crippen molar-refractivity contribution in [3.63, 3.8) is 0 Å². The Morgan fingerprint density at radius 1 is 0.449 bits per heavy atom. The summed E-state index contributed by atoms with van der Waals surface area (Å²) in [6, 6.07) is -1.16. The van der Waals surface area contributed by atoms with Gasteiger partial charge in [-0.25, -0.2) is 0 Å². The normalized spacial score (nSPS) is 20.3. The van der Waals surface area contributed by atoms with E-state index in [0.717, 1.165) is 38.5 Å². The largest absolute Gasteiger partial charge is 0.394 e. The molecule has 0 aromatic heterocycles. The zero-order valence-corrected chi connectivity index (χ0v) is 45.1. The van der Waals surface area contributed by atoms with E-state index in [9.17, 15) is 40.5 Å². The van der Waals surface area contributed by atoms with Gasteiger partial charge in [-0.15, -0.1) is 0 Å². The molecule has 412 valence electrons. The molecule has 0 aromatic carbocycles. The maximum absolute atomic E-state index is 13.1. The summed E-state index contributed by atoms with van der Waals surface area (Å²) in [5, 5.41) is 75.9. The Hall–Kier alpha value is -0.890. The van der Waals surface area contributed by atoms with Crippen LogP contribution in [0.15, 0.2) is 0 Å². The van der Waals surface area contributed by atoms with Crippen molar-refractivity contribution in [1.82, 2.24) is 5.32 Å². The van der Waals surface area contributed by atoms with Gasteiger partial charge in [0.15, 0.2) is 6.29 Å². The third kappa shape index (κ3) is 36.6. The number of hydrogen-bond acceptors (Lipinski definition) is 10. The minimum atomic E-state index is -1.66. The lowest BCUT2D eigenvalue weighted by Crippen LogP contribution is -2.60. The standard InChI is InChI=1S/C58H115NO10/c1-3-5-7-9-11-13-15-16-17-18-19-20-21-22-23-24-25-26-27-28-29-30-31-32-33-34-35-36-38-39-41-43-45-50(61)53(63)49(48-68-58-56(66)55(65)54(64)52(47-60)69-58)59-57(67)51(62)46-44-42-40-37-14-12-10-8-6-4-2/h49-56,58,60-66H,3-48H2,1-2H3,(H,59,67). The average Bonchev–Trinajstić information content (AvgIpc) is 3.35. The minimum absolute atomic E-state index is 0.265. The molecule has 1 rings (SSSR count). The molecule has 9 unspecified atom stereocenters. The van der Waals surface area contributed by atoms with E-state index in [0.29, 0.717) is 19.3 Å². The van der Waals surface area contributed by atoms with E-state index in [2.05, 4.69) is 19.2 Å². The average molecular weight is 987 g/mol. The van der Waals surface area contributed by atoms with Crippen LogP contribution < -0.4 is 5.32 Å². The number of nitrogens with one attached hydrogen (secondary N) is 1. The predicted octanol–water partition coefficient (Wildman–Crippen LogP) is 12.6. The van der Waals surface area contributed by atoms with E-state index < -0.39 is 74.2 Å². The van der Waals surface area contributed by atoms with Gasteiger partial charge in [-0.2, -0.15) is 0 Å². The molecule has 11 nitrogen and oxygen atoms in total. The van der Waals surface area contributed by atoms with Crippen LogP contribution in [0.5, 0.6) is 0 Å². The van der Waals surface area contributed by atoms with Crippen molar-refractivity contribution in [3.05, 3.63) is 0 Å². The molecule has 0 saturated carbocycles. The van der Waals surface area contributed by atoms with Crippen molar-refractivity contribution < 1.29 is 50.0 Å². The van der Waals surface area contributed by atoms with E-state index in [1.165, 1.54) is 218 Å². The van der Waals surface area contributed by atoms with Crippen molar-refractivity contribution in [3.8, 4) is 0 Å². The van der Waals surface area contributed by atoms with Crippen LogP contribution in [0.2, 0.25) is 0 Å². The molecule has 69 heavy (non-hydrogen) atoms. The molecular weight excluding hydrogens is 871 g/mol. The van der Waals surface area contributed by atoms with Crippen LogP contribution in [-0.2, 0) is 14.3 Å². The highest BCUT2D eigenvalue weighted by Gasteiger charge is 2.44. The summed E-state index contributed by atoms with van der Waals surface area (Å²) < 4.78 is 11.1. The van der Waals surface area contributed by atoms with Crippen molar-refractivity contribution in [2.75, 3.05) is 13.2 Å². The minimum Gasteiger partial charge on any atom is -0.394 e. The Morgan fingerprint density at radius 3 is 1.07 bits per heavy atom. The number of amides is 1. The Bertz CT molecular complexity index is 1090. The monoisotopic (exact) mass is 986 g/mol. The molecule has 0 aromatic rings. The van der Waals surface area contributed by atoms with E-state index in [-0.39, 0.29) is 6.42 Å². The number of ether oxygens (including phenoxy) is 2. The lowest BCUT2D eigenvalue weighted by Gasteiger charge is -2.40. The fourth-order valence-corrected chi connectivity index (χ4v) is 10.0. The quantitative estimate of drug-likeness (QED) is 0.0272. The summed E-state index contributed by atoms with van der Waals surface area (Å²) in [4.78, 5) is 13.1. The predicted molar refractivity (Wildman–Crippen MR) is 284 cm³/mol. The second-order valence-electron chi connectivity index (χ2n) is 21.4. The third-order valence-corrected chi connectivity index (χ3v) is 14.9. The zero-order valence-electron chi connectivity index (χ0n) is 45.1. The van der Waals surface area contributed by atoms with Crippen LogP contribution in [0.4, 0.5) is 0 Å². The number of carbonyl (C=O) groups is 1. The molecule has 8 N–H and O–H groups in total. The van der Waals surface area contributed by atoms with Crippen molar-refractivity contribution in [1.29, 1.82) is 0 Å². The van der Waals surface area contributed by atoms with Gasteiger partial charge in [0.05, 0.1) is 25.4 Å². The number of carbonyl (C=O) groups excluding carboxylic acids is 1. The first-order valence-electron chi connectivity index (χ1n) is 29.9. The maximum atomic E-state index is 13.1. The van der Waals surface area contributed by atoms with Crippen LogP contribution in [0.25, 0.3) is 0 Å². The molecule has 0 radical (unpaired) electrons. The van der Waals surface area contributed by atoms with Gasteiger partial charge in [-0.1, -0.05) is 284 Å². The van der Waals surface area contributed by atoms with E-state index in [1.54, 1.807) is 0 Å². The molecule has 11 heteroatoms. The number of unbranched alkanes of at least 4 members (excludes halogenated alkanes) is 40. The van der Waals surface area contributed by atoms with Crippen molar-refractivity contribution >= 4 is 5.91 Å². The molecule has 1 fully saturated rings. The summed E-state index contributed by atoms with van der Waals surface area (Å²) in [5.74, 6) is -0.694. The van der Waals surface area contributed by atoms with Gasteiger partial charge < -0.3 is 50.5 Å². The van der Waals surface area contributed by atoms with Crippen LogP contribution in [-0.4, -0.2) is 110 Å². The first-order chi connectivity index (χ1) is 33.7. The lowest BCUT2D eigenvalue weighted by molar-refractivity contribution is -0.303. The number of aliphatic hydroxyl groups excluding tert-OH is 7. The highest BCUT2D eigenvalue weighted by atomic mass is 16.7. The SMILES string of the molecule is CCCCCCCCCCCCCCCCCCCCCCCCCCCCCCCCCCC(O)C(O)C(COC1OC(CO)C(O)C(O)C1O)NC(=O)C(O)CCCCCCCCCCCC. The summed E-state index contributed by atoms with van der Waals surface area (Å²) in [7, 11) is 0. The fraction of sp³-hybridized carbons (Fsp3) is 0.983. The van der Waals surface area contributed by atoms with Crippen molar-refractivity contribution in [2.45, 2.75) is 351 Å². The number of aliphatic hydroxyl groups is 7. The smallest absolute Gasteiger partial charge is 0.249 e. The Morgan fingerprint density at radius 2 is 0.754 bits per heavy atom. The fourth-order valence-electron chi connectivity index (χ4n) is 10.0. The lowest BCUT2D eigenvalue weighted by atomic mass is 9.98. The second-order valence-corrected chi connectivity index (χ2v) is 21.4. The van der Waals surface area contributed by atoms with Crippen LogP contribution in [0.3, 0.4) is 0 Å². The molecule has 1 heterocycles. The van der Waals surface area contributed by atoms with Gasteiger partial charge in [-0.3, -0.25) is 4.79 Å². The van der Waals surface area contributed by atoms with E-state index >= 15 is 0 Å². The zero-order chi connectivity index (χ0) is 50.4. The molecule has 0 spiro atoms. The van der Waals surface area contributed by atoms with Crippen LogP contribution >= 0.6 is 0 Å². The highest BCUT2D eigenvalue weighted by Crippen LogP contribution is 2.24. The number of rotatable bonds is 52. The summed E-state index contributed by atoms with van der Waals surface area (Å²) >= 11 is 0. The molecule has 0 bridgehead atoms. The van der Waals surface area contributed by atoms with E-state index in [1.807, 2.05) is 0 Å². The van der Waals surface area contributed by atoms with Gasteiger partial charge in [0, 0.05) is 0 Å². The molecule has 1 saturated heterocycles. The van der Waals surface area contributed by atoms with E-state index in [4.69, 9.17) is 9.47 Å². The second kappa shape index (κ2) is 48.1. The Labute approximate surface area is 424 Å². The van der Waals surface area contributed by atoms with Gasteiger partial charge in [0.1, 0.15) is 36.6 Å². The Kier molecular flexibility index (Phi) is 46.1. The first kappa shape index (κ1) is 66.1. The first-order valence-corrected chi connectivity index (χ1v) is 29.9. The molecule has 1 aliphatic rings. The third-order valence-electron chi connectivity index (χ3n) is 14.9. The Balaban J connectivity index is 2.15. The van der Waals surface area contributed by atoms with Crippen LogP contribution in [0.1, 0.15) is 296 Å². The molecule has 0 aliphatic carbocycles. The highest BCUT2D eigenvalue weighted by molar-refractivity contribution is 5.80. The van der Waals surface area contributed by atoms with Gasteiger partial charge in [0.2, 0.25) is 5.91 Å². The maximum Gasteiger partial charge on any atom is 0.249 e.